The summed E-state index contributed by atoms with van der Waals surface area (Å²) in [5, 5.41) is 4.62. The number of anilines is 2. The van der Waals surface area contributed by atoms with Gasteiger partial charge in [-0.1, -0.05) is 17.7 Å². The van der Waals surface area contributed by atoms with Crippen molar-refractivity contribution in [3.05, 3.63) is 53.2 Å². The Morgan fingerprint density at radius 3 is 2.69 bits per heavy atom. The Balaban J connectivity index is 1.30. The second-order valence-corrected chi connectivity index (χ2v) is 8.65. The molecule has 5 rings (SSSR count). The van der Waals surface area contributed by atoms with Gasteiger partial charge in [-0.3, -0.25) is 0 Å². The van der Waals surface area contributed by atoms with E-state index in [0.29, 0.717) is 35.3 Å². The number of hydrogen-bond donors (Lipinski definition) is 1. The summed E-state index contributed by atoms with van der Waals surface area (Å²) in [6, 6.07) is 7.37. The van der Waals surface area contributed by atoms with Gasteiger partial charge in [-0.25, -0.2) is 19.6 Å². The Morgan fingerprint density at radius 1 is 1.19 bits per heavy atom. The highest BCUT2D eigenvalue weighted by atomic mass is 35.5. The van der Waals surface area contributed by atoms with Crippen molar-refractivity contribution < 1.29 is 9.53 Å². The Morgan fingerprint density at radius 2 is 2.00 bits per heavy atom. The molecular formula is C23H23ClN6O2. The maximum atomic E-state index is 12.3. The number of rotatable bonds is 4. The molecular weight excluding hydrogens is 428 g/mol. The minimum Gasteiger partial charge on any atom is -0.446 e. The first-order valence-electron chi connectivity index (χ1n) is 10.8. The average molecular weight is 451 g/mol. The minimum absolute atomic E-state index is 0.113. The fraction of sp³-hybridized carbons (Fsp3) is 0.391. The molecule has 32 heavy (non-hydrogen) atoms. The number of piperidine rings is 1. The fourth-order valence-electron chi connectivity index (χ4n) is 4.20. The van der Waals surface area contributed by atoms with Gasteiger partial charge in [0.2, 0.25) is 0 Å². The third kappa shape index (κ3) is 3.96. The quantitative estimate of drug-likeness (QED) is 0.515. The molecule has 0 unspecified atom stereocenters. The molecule has 2 aliphatic rings. The van der Waals surface area contributed by atoms with E-state index in [0.717, 1.165) is 43.1 Å². The number of fused-ring (bicyclic) bond motifs is 1. The summed E-state index contributed by atoms with van der Waals surface area (Å²) in [7, 11) is 0. The van der Waals surface area contributed by atoms with Gasteiger partial charge >= 0.3 is 6.09 Å². The first-order valence-corrected chi connectivity index (χ1v) is 11.2. The number of hydrogen-bond acceptors (Lipinski definition) is 5. The zero-order valence-electron chi connectivity index (χ0n) is 17.5. The summed E-state index contributed by atoms with van der Waals surface area (Å²) in [4.78, 5) is 26.5. The van der Waals surface area contributed by atoms with Crippen molar-refractivity contribution in [2.24, 2.45) is 0 Å². The molecule has 0 radical (unpaired) electrons. The van der Waals surface area contributed by atoms with Crippen LogP contribution in [0.4, 0.5) is 22.0 Å². The topological polar surface area (TPSA) is 76.6 Å². The van der Waals surface area contributed by atoms with E-state index in [-0.39, 0.29) is 18.2 Å². The molecule has 1 aliphatic carbocycles. The summed E-state index contributed by atoms with van der Waals surface area (Å²) < 4.78 is 7.71. The molecule has 8 nitrogen and oxygen atoms in total. The van der Waals surface area contributed by atoms with Crippen LogP contribution in [-0.4, -0.2) is 44.7 Å². The highest BCUT2D eigenvalue weighted by molar-refractivity contribution is 6.33. The molecule has 9 heteroatoms. The van der Waals surface area contributed by atoms with Gasteiger partial charge in [0.25, 0.3) is 0 Å². The normalized spacial score (nSPS) is 17.1. The van der Waals surface area contributed by atoms with E-state index in [1.807, 2.05) is 17.2 Å². The van der Waals surface area contributed by atoms with Crippen LogP contribution in [0, 0.1) is 6.57 Å². The molecule has 1 saturated carbocycles. The molecule has 3 heterocycles. The van der Waals surface area contributed by atoms with Crippen LogP contribution in [-0.2, 0) is 4.74 Å². The molecule has 164 valence electrons. The summed E-state index contributed by atoms with van der Waals surface area (Å²) in [6.07, 6.45) is 8.32. The SMILES string of the molecule is [C-]#[N+]c1ccc(Nc2ncnc3c2ccn3C2CCN(C(=O)OC3CCC3)CC2)c(Cl)c1. The lowest BCUT2D eigenvalue weighted by molar-refractivity contribution is 0.0211. The van der Waals surface area contributed by atoms with Crippen molar-refractivity contribution in [2.45, 2.75) is 44.2 Å². The largest absolute Gasteiger partial charge is 0.446 e. The molecule has 1 saturated heterocycles. The van der Waals surface area contributed by atoms with Crippen LogP contribution in [0.25, 0.3) is 15.9 Å². The maximum Gasteiger partial charge on any atom is 0.410 e. The van der Waals surface area contributed by atoms with Gasteiger partial charge in [0.15, 0.2) is 5.69 Å². The molecule has 0 atom stereocenters. The van der Waals surface area contributed by atoms with Gasteiger partial charge in [-0.15, -0.1) is 0 Å². The Bertz CT molecular complexity index is 1190. The number of benzene rings is 1. The molecule has 1 amide bonds. The van der Waals surface area contributed by atoms with Crippen molar-refractivity contribution >= 4 is 45.9 Å². The van der Waals surface area contributed by atoms with Crippen molar-refractivity contribution in [1.29, 1.82) is 0 Å². The number of carbonyl (C=O) groups excluding carboxylic acids is 1. The monoisotopic (exact) mass is 450 g/mol. The third-order valence-electron chi connectivity index (χ3n) is 6.28. The van der Waals surface area contributed by atoms with Gasteiger partial charge in [-0.2, -0.15) is 0 Å². The Hall–Kier alpha value is -3.31. The number of nitrogens with zero attached hydrogens (tertiary/aromatic N) is 5. The molecule has 1 aliphatic heterocycles. The summed E-state index contributed by atoms with van der Waals surface area (Å²) in [5.41, 5.74) is 2.01. The average Bonchev–Trinajstić information content (AvgIpc) is 3.22. The van der Waals surface area contributed by atoms with E-state index in [2.05, 4.69) is 24.7 Å². The predicted octanol–water partition coefficient (Wildman–Crippen LogP) is 5.71. The van der Waals surface area contributed by atoms with Crippen LogP contribution >= 0.6 is 11.6 Å². The van der Waals surface area contributed by atoms with Crippen molar-refractivity contribution in [3.8, 4) is 0 Å². The van der Waals surface area contributed by atoms with Crippen LogP contribution < -0.4 is 5.32 Å². The fourth-order valence-corrected chi connectivity index (χ4v) is 4.42. The zero-order valence-corrected chi connectivity index (χ0v) is 18.3. The molecule has 3 aromatic rings. The Labute approximate surface area is 191 Å². The van der Waals surface area contributed by atoms with E-state index in [4.69, 9.17) is 22.9 Å². The number of amides is 1. The van der Waals surface area contributed by atoms with Crippen LogP contribution in [0.2, 0.25) is 5.02 Å². The molecule has 1 aromatic carbocycles. The number of nitrogens with one attached hydrogen (secondary N) is 1. The number of aromatic nitrogens is 3. The van der Waals surface area contributed by atoms with Crippen LogP contribution in [0.5, 0.6) is 0 Å². The highest BCUT2D eigenvalue weighted by Crippen LogP contribution is 2.33. The number of carbonyl (C=O) groups is 1. The van der Waals surface area contributed by atoms with Gasteiger partial charge in [0.1, 0.15) is 23.9 Å². The van der Waals surface area contributed by atoms with E-state index in [1.54, 1.807) is 18.2 Å². The smallest absolute Gasteiger partial charge is 0.410 e. The second-order valence-electron chi connectivity index (χ2n) is 8.24. The van der Waals surface area contributed by atoms with Crippen LogP contribution in [0.3, 0.4) is 0 Å². The van der Waals surface area contributed by atoms with E-state index >= 15 is 0 Å². The third-order valence-corrected chi connectivity index (χ3v) is 6.59. The molecule has 2 fully saturated rings. The van der Waals surface area contributed by atoms with E-state index in [9.17, 15) is 4.79 Å². The number of halogens is 1. The van der Waals surface area contributed by atoms with Crippen molar-refractivity contribution in [3.63, 3.8) is 0 Å². The van der Waals surface area contributed by atoms with Crippen molar-refractivity contribution in [2.75, 3.05) is 18.4 Å². The number of ether oxygens (including phenoxy) is 1. The lowest BCUT2D eigenvalue weighted by atomic mass is 9.96. The maximum absolute atomic E-state index is 12.3. The van der Waals surface area contributed by atoms with E-state index in [1.165, 1.54) is 6.33 Å². The standard InChI is InChI=1S/C23H23ClN6O2/c1-25-15-5-6-20(19(24)13-15)28-21-18-9-12-30(22(18)27-14-26-21)16-7-10-29(11-8-16)23(31)32-17-3-2-4-17/h5-6,9,12-14,16-17H,2-4,7-8,10-11H2,(H,26,27,28). The predicted molar refractivity (Wildman–Crippen MR) is 122 cm³/mol. The lowest BCUT2D eigenvalue weighted by Crippen LogP contribution is -2.41. The molecule has 0 spiro atoms. The van der Waals surface area contributed by atoms with Gasteiger partial charge < -0.3 is 19.5 Å². The molecule has 2 aromatic heterocycles. The Kier molecular flexibility index (Phi) is 5.58. The van der Waals surface area contributed by atoms with Gasteiger partial charge in [0, 0.05) is 25.3 Å². The van der Waals surface area contributed by atoms with E-state index < -0.39 is 0 Å². The van der Waals surface area contributed by atoms with Crippen molar-refractivity contribution in [1.82, 2.24) is 19.4 Å². The molecule has 1 N–H and O–H groups in total. The van der Waals surface area contributed by atoms with Crippen LogP contribution in [0.1, 0.15) is 38.1 Å². The first-order chi connectivity index (χ1) is 15.6. The zero-order chi connectivity index (χ0) is 22.1. The lowest BCUT2D eigenvalue weighted by Gasteiger charge is -2.34. The highest BCUT2D eigenvalue weighted by Gasteiger charge is 2.29. The molecule has 0 bridgehead atoms. The van der Waals surface area contributed by atoms with Crippen LogP contribution in [0.15, 0.2) is 36.8 Å². The summed E-state index contributed by atoms with van der Waals surface area (Å²) >= 11 is 6.32. The first kappa shape index (κ1) is 20.6. The number of likely N-dealkylation sites (tertiary alicyclic amines) is 1. The van der Waals surface area contributed by atoms with Gasteiger partial charge in [-0.05, 0) is 50.3 Å². The summed E-state index contributed by atoms with van der Waals surface area (Å²) in [6.45, 7) is 8.46. The second kappa shape index (κ2) is 8.67. The minimum atomic E-state index is -0.180. The summed E-state index contributed by atoms with van der Waals surface area (Å²) in [5.74, 6) is 0.660. The van der Waals surface area contributed by atoms with Gasteiger partial charge in [0.05, 0.1) is 22.7 Å².